The summed E-state index contributed by atoms with van der Waals surface area (Å²) in [6, 6.07) is 0.865. The van der Waals surface area contributed by atoms with Crippen LogP contribution in [0.5, 0.6) is 5.75 Å². The van der Waals surface area contributed by atoms with Crippen molar-refractivity contribution < 1.29 is 22.7 Å². The molecule has 1 amide bonds. The van der Waals surface area contributed by atoms with Gasteiger partial charge < -0.3 is 10.5 Å². The Bertz CT molecular complexity index is 396. The first-order valence-corrected chi connectivity index (χ1v) is 3.79. The van der Waals surface area contributed by atoms with Gasteiger partial charge in [-0.1, -0.05) is 0 Å². The predicted octanol–water partition coefficient (Wildman–Crippen LogP) is 1.27. The minimum atomic E-state index is -3.14. The number of halogens is 3. The number of ether oxygens (including phenoxy) is 1. The van der Waals surface area contributed by atoms with Crippen molar-refractivity contribution in [2.75, 3.05) is 7.11 Å². The van der Waals surface area contributed by atoms with E-state index in [1.165, 1.54) is 0 Å². The molecule has 1 aromatic heterocycles. The van der Waals surface area contributed by atoms with E-state index in [0.717, 1.165) is 13.2 Å². The molecule has 7 heteroatoms. The van der Waals surface area contributed by atoms with E-state index in [4.69, 9.17) is 5.73 Å². The van der Waals surface area contributed by atoms with Crippen molar-refractivity contribution in [3.05, 3.63) is 23.3 Å². The number of primary amides is 1. The van der Waals surface area contributed by atoms with Crippen LogP contribution in [0.3, 0.4) is 0 Å². The molecular weight excluding hydrogens is 213 g/mol. The maximum absolute atomic E-state index is 13.1. The monoisotopic (exact) mass is 220 g/mol. The smallest absolute Gasteiger partial charge is 0.283 e. The number of hydrogen-bond donors (Lipinski definition) is 1. The standard InChI is InChI=1S/C8H7F3N2O2/c1-15-4-2-3(8(12)14)13-6(5(4)9)7(10)11/h2,7H,1H3,(H2,12,14). The Hall–Kier alpha value is -1.79. The van der Waals surface area contributed by atoms with Crippen LogP contribution in [0.4, 0.5) is 13.2 Å². The summed E-state index contributed by atoms with van der Waals surface area (Å²) in [5.74, 6) is -2.82. The first-order chi connectivity index (χ1) is 6.97. The lowest BCUT2D eigenvalue weighted by atomic mass is 10.2. The van der Waals surface area contributed by atoms with E-state index in [1.54, 1.807) is 0 Å². The number of alkyl halides is 2. The van der Waals surface area contributed by atoms with Gasteiger partial charge in [-0.3, -0.25) is 4.79 Å². The molecule has 2 N–H and O–H groups in total. The first-order valence-electron chi connectivity index (χ1n) is 3.79. The largest absolute Gasteiger partial charge is 0.494 e. The van der Waals surface area contributed by atoms with Crippen molar-refractivity contribution in [2.45, 2.75) is 6.43 Å². The van der Waals surface area contributed by atoms with Gasteiger partial charge in [-0.15, -0.1) is 0 Å². The number of pyridine rings is 1. The van der Waals surface area contributed by atoms with Gasteiger partial charge in [0.15, 0.2) is 11.6 Å². The molecule has 0 aliphatic carbocycles. The fourth-order valence-electron chi connectivity index (χ4n) is 0.944. The molecule has 0 bridgehead atoms. The number of nitrogens with two attached hydrogens (primary N) is 1. The molecule has 0 fully saturated rings. The number of methoxy groups -OCH3 is 1. The molecule has 15 heavy (non-hydrogen) atoms. The highest BCUT2D eigenvalue weighted by atomic mass is 19.3. The summed E-state index contributed by atoms with van der Waals surface area (Å²) in [7, 11) is 1.08. The van der Waals surface area contributed by atoms with Gasteiger partial charge in [0.25, 0.3) is 12.3 Å². The molecule has 0 unspecified atom stereocenters. The molecule has 0 saturated carbocycles. The summed E-state index contributed by atoms with van der Waals surface area (Å²) >= 11 is 0. The lowest BCUT2D eigenvalue weighted by Gasteiger charge is -2.07. The number of carbonyl (C=O) groups is 1. The van der Waals surface area contributed by atoms with E-state index in [2.05, 4.69) is 9.72 Å². The zero-order chi connectivity index (χ0) is 11.6. The summed E-state index contributed by atoms with van der Waals surface area (Å²) in [6.45, 7) is 0. The van der Waals surface area contributed by atoms with Crippen LogP contribution in [0.2, 0.25) is 0 Å². The third-order valence-electron chi connectivity index (χ3n) is 1.63. The third kappa shape index (κ3) is 2.17. The second-order valence-corrected chi connectivity index (χ2v) is 2.57. The molecule has 1 aromatic rings. The molecule has 0 radical (unpaired) electrons. The molecule has 1 rings (SSSR count). The Labute approximate surface area is 82.9 Å². The van der Waals surface area contributed by atoms with E-state index in [9.17, 15) is 18.0 Å². The molecule has 82 valence electrons. The second kappa shape index (κ2) is 4.16. The predicted molar refractivity (Wildman–Crippen MR) is 44.2 cm³/mol. The third-order valence-corrected chi connectivity index (χ3v) is 1.63. The van der Waals surface area contributed by atoms with Crippen LogP contribution in [-0.4, -0.2) is 18.0 Å². The van der Waals surface area contributed by atoms with Crippen LogP contribution >= 0.6 is 0 Å². The van der Waals surface area contributed by atoms with Gasteiger partial charge >= 0.3 is 0 Å². The molecule has 0 aliphatic heterocycles. The second-order valence-electron chi connectivity index (χ2n) is 2.57. The summed E-state index contributed by atoms with van der Waals surface area (Å²) in [6.07, 6.45) is -3.14. The van der Waals surface area contributed by atoms with E-state index >= 15 is 0 Å². The van der Waals surface area contributed by atoms with Crippen LogP contribution < -0.4 is 10.5 Å². The zero-order valence-electron chi connectivity index (χ0n) is 7.63. The molecular formula is C8H7F3N2O2. The highest BCUT2D eigenvalue weighted by molar-refractivity contribution is 5.91. The van der Waals surface area contributed by atoms with Crippen LogP contribution in [0.25, 0.3) is 0 Å². The molecule has 0 aliphatic rings. The lowest BCUT2D eigenvalue weighted by molar-refractivity contribution is 0.0992. The number of nitrogens with zero attached hydrogens (tertiary/aromatic N) is 1. The van der Waals surface area contributed by atoms with Gasteiger partial charge in [0.05, 0.1) is 7.11 Å². The summed E-state index contributed by atoms with van der Waals surface area (Å²) in [4.78, 5) is 13.8. The Morgan fingerprint density at radius 1 is 1.60 bits per heavy atom. The normalized spacial score (nSPS) is 10.5. The van der Waals surface area contributed by atoms with E-state index in [-0.39, 0.29) is 0 Å². The van der Waals surface area contributed by atoms with Crippen molar-refractivity contribution >= 4 is 5.91 Å². The van der Waals surface area contributed by atoms with Gasteiger partial charge in [0.2, 0.25) is 0 Å². The Balaban J connectivity index is 3.38. The van der Waals surface area contributed by atoms with Gasteiger partial charge in [-0.2, -0.15) is 0 Å². The minimum Gasteiger partial charge on any atom is -0.494 e. The molecule has 0 atom stereocenters. The van der Waals surface area contributed by atoms with Gasteiger partial charge in [-0.25, -0.2) is 18.2 Å². The SMILES string of the molecule is COc1cc(C(N)=O)nc(C(F)F)c1F. The van der Waals surface area contributed by atoms with Gasteiger partial charge in [0, 0.05) is 6.07 Å². The highest BCUT2D eigenvalue weighted by Gasteiger charge is 2.22. The summed E-state index contributed by atoms with van der Waals surface area (Å²) in [5, 5.41) is 0. The van der Waals surface area contributed by atoms with Crippen molar-refractivity contribution in [2.24, 2.45) is 5.73 Å². The fourth-order valence-corrected chi connectivity index (χ4v) is 0.944. The maximum atomic E-state index is 13.1. The Kier molecular flexibility index (Phi) is 3.13. The van der Waals surface area contributed by atoms with Gasteiger partial charge in [0.1, 0.15) is 11.4 Å². The highest BCUT2D eigenvalue weighted by Crippen LogP contribution is 2.27. The van der Waals surface area contributed by atoms with Crippen molar-refractivity contribution in [1.29, 1.82) is 0 Å². The van der Waals surface area contributed by atoms with Crippen LogP contribution in [0.15, 0.2) is 6.07 Å². The summed E-state index contributed by atoms with van der Waals surface area (Å²) < 4.78 is 42.2. The molecule has 0 saturated heterocycles. The number of carbonyl (C=O) groups excluding carboxylic acids is 1. The van der Waals surface area contributed by atoms with E-state index < -0.39 is 35.3 Å². The molecule has 1 heterocycles. The Morgan fingerprint density at radius 3 is 2.60 bits per heavy atom. The van der Waals surface area contributed by atoms with Crippen LogP contribution in [0.1, 0.15) is 22.6 Å². The fraction of sp³-hybridized carbons (Fsp3) is 0.250. The topological polar surface area (TPSA) is 65.2 Å². The molecule has 0 aromatic carbocycles. The van der Waals surface area contributed by atoms with Crippen LogP contribution in [-0.2, 0) is 0 Å². The van der Waals surface area contributed by atoms with Crippen molar-refractivity contribution in [1.82, 2.24) is 4.98 Å². The van der Waals surface area contributed by atoms with E-state index in [1.807, 2.05) is 0 Å². The maximum Gasteiger partial charge on any atom is 0.283 e. The van der Waals surface area contributed by atoms with Gasteiger partial charge in [-0.05, 0) is 0 Å². The molecule has 0 spiro atoms. The van der Waals surface area contributed by atoms with Crippen molar-refractivity contribution in [3.8, 4) is 5.75 Å². The van der Waals surface area contributed by atoms with Crippen molar-refractivity contribution in [3.63, 3.8) is 0 Å². The minimum absolute atomic E-state index is 0.469. The average molecular weight is 220 g/mol. The molecule has 4 nitrogen and oxygen atoms in total. The summed E-state index contributed by atoms with van der Waals surface area (Å²) in [5.41, 5.74) is 3.21. The lowest BCUT2D eigenvalue weighted by Crippen LogP contribution is -2.15. The quantitative estimate of drug-likeness (QED) is 0.834. The zero-order valence-corrected chi connectivity index (χ0v) is 7.63. The van der Waals surface area contributed by atoms with Crippen LogP contribution in [0, 0.1) is 5.82 Å². The number of hydrogen-bond acceptors (Lipinski definition) is 3. The van der Waals surface area contributed by atoms with E-state index in [0.29, 0.717) is 0 Å². The number of aromatic nitrogens is 1. The first kappa shape index (κ1) is 11.3. The number of rotatable bonds is 3. The Morgan fingerprint density at radius 2 is 2.20 bits per heavy atom. The average Bonchev–Trinajstić information content (AvgIpc) is 2.17. The number of amides is 1.